The molecule has 4 nitrogen and oxygen atoms in total. The second-order valence-corrected chi connectivity index (χ2v) is 7.96. The number of benzene rings is 3. The molecule has 1 aromatic heterocycles. The Kier molecular flexibility index (Phi) is 6.03. The number of carbonyl (C=O) groups excluding carboxylic acids is 2. The molecule has 154 valence electrons. The highest BCUT2D eigenvalue weighted by molar-refractivity contribution is 6.31. The van der Waals surface area contributed by atoms with Gasteiger partial charge in [-0.25, -0.2) is 9.78 Å². The molecule has 0 aliphatic heterocycles. The number of pyridine rings is 1. The Morgan fingerprint density at radius 1 is 0.871 bits per heavy atom. The van der Waals surface area contributed by atoms with Crippen molar-refractivity contribution in [1.82, 2.24) is 4.98 Å². The zero-order valence-electron chi connectivity index (χ0n) is 16.6. The normalized spacial score (nSPS) is 10.8. The standard InChI is InChI=1S/C25H17Cl2NO3/c1-15-2-11-22-20(12-15)21(13-23(28-22)16-3-7-18(26)8-4-16)25(30)31-14-24(29)17-5-9-19(27)10-6-17/h2-13H,14H2,1H3. The van der Waals surface area contributed by atoms with E-state index in [2.05, 4.69) is 4.98 Å². The predicted octanol–water partition coefficient (Wildman–Crippen LogP) is 6.56. The third kappa shape index (κ3) is 4.76. The number of carbonyl (C=O) groups is 2. The number of halogens is 2. The van der Waals surface area contributed by atoms with Crippen LogP contribution in [0.15, 0.2) is 72.8 Å². The van der Waals surface area contributed by atoms with Crippen molar-refractivity contribution >= 4 is 45.9 Å². The van der Waals surface area contributed by atoms with Crippen LogP contribution >= 0.6 is 23.2 Å². The number of ketones is 1. The maximum absolute atomic E-state index is 13.0. The van der Waals surface area contributed by atoms with Gasteiger partial charge in [-0.3, -0.25) is 4.79 Å². The van der Waals surface area contributed by atoms with Crippen molar-refractivity contribution in [1.29, 1.82) is 0 Å². The number of nitrogens with zero attached hydrogens (tertiary/aromatic N) is 1. The minimum atomic E-state index is -0.587. The minimum Gasteiger partial charge on any atom is -0.454 e. The van der Waals surface area contributed by atoms with Crippen LogP contribution in [-0.2, 0) is 4.74 Å². The summed E-state index contributed by atoms with van der Waals surface area (Å²) in [6, 6.07) is 21.0. The highest BCUT2D eigenvalue weighted by Crippen LogP contribution is 2.27. The molecule has 0 bridgehead atoms. The average molecular weight is 450 g/mol. The number of fused-ring (bicyclic) bond motifs is 1. The first-order valence-corrected chi connectivity index (χ1v) is 10.3. The molecule has 0 fully saturated rings. The van der Waals surface area contributed by atoms with E-state index in [1.54, 1.807) is 42.5 Å². The molecular weight excluding hydrogens is 433 g/mol. The third-order valence-corrected chi connectivity index (χ3v) is 5.33. The number of rotatable bonds is 5. The van der Waals surface area contributed by atoms with Gasteiger partial charge in [0.2, 0.25) is 0 Å². The molecule has 4 aromatic rings. The van der Waals surface area contributed by atoms with E-state index in [4.69, 9.17) is 27.9 Å². The van der Waals surface area contributed by atoms with Crippen molar-refractivity contribution in [3.05, 3.63) is 99.5 Å². The van der Waals surface area contributed by atoms with Crippen LogP contribution in [0.5, 0.6) is 0 Å². The zero-order valence-corrected chi connectivity index (χ0v) is 18.1. The molecule has 3 aromatic carbocycles. The van der Waals surface area contributed by atoms with E-state index in [0.29, 0.717) is 37.8 Å². The van der Waals surface area contributed by atoms with E-state index in [0.717, 1.165) is 11.1 Å². The van der Waals surface area contributed by atoms with Gasteiger partial charge in [0.1, 0.15) is 0 Å². The average Bonchev–Trinajstić information content (AvgIpc) is 2.77. The van der Waals surface area contributed by atoms with Crippen LogP contribution in [0.1, 0.15) is 26.3 Å². The fourth-order valence-electron chi connectivity index (χ4n) is 3.20. The Hall–Kier alpha value is -3.21. The molecule has 0 amide bonds. The molecule has 0 aliphatic carbocycles. The maximum Gasteiger partial charge on any atom is 0.339 e. The lowest BCUT2D eigenvalue weighted by Crippen LogP contribution is -2.15. The highest BCUT2D eigenvalue weighted by Gasteiger charge is 2.17. The summed E-state index contributed by atoms with van der Waals surface area (Å²) in [4.78, 5) is 30.0. The molecule has 6 heteroatoms. The molecule has 0 unspecified atom stereocenters. The lowest BCUT2D eigenvalue weighted by molar-refractivity contribution is 0.0476. The molecular formula is C25H17Cl2NO3. The lowest BCUT2D eigenvalue weighted by atomic mass is 10.0. The third-order valence-electron chi connectivity index (χ3n) is 4.82. The van der Waals surface area contributed by atoms with Crippen LogP contribution in [0.25, 0.3) is 22.2 Å². The molecule has 0 radical (unpaired) electrons. The Morgan fingerprint density at radius 3 is 2.19 bits per heavy atom. The number of hydrogen-bond donors (Lipinski definition) is 0. The van der Waals surface area contributed by atoms with Gasteiger partial charge in [-0.2, -0.15) is 0 Å². The topological polar surface area (TPSA) is 56.3 Å². The van der Waals surface area contributed by atoms with Crippen molar-refractivity contribution in [3.63, 3.8) is 0 Å². The summed E-state index contributed by atoms with van der Waals surface area (Å²) in [5.41, 5.74) is 3.85. The van der Waals surface area contributed by atoms with Crippen molar-refractivity contribution in [2.24, 2.45) is 0 Å². The largest absolute Gasteiger partial charge is 0.454 e. The molecule has 31 heavy (non-hydrogen) atoms. The molecule has 1 heterocycles. The molecule has 0 saturated heterocycles. The summed E-state index contributed by atoms with van der Waals surface area (Å²) >= 11 is 11.8. The van der Waals surface area contributed by atoms with Crippen LogP contribution in [-0.4, -0.2) is 23.3 Å². The van der Waals surface area contributed by atoms with Crippen LogP contribution in [0.2, 0.25) is 10.0 Å². The molecule has 4 rings (SSSR count). The number of esters is 1. The number of Topliss-reactive ketones (excluding diaryl/α,β-unsaturated/α-hetero) is 1. The first-order chi connectivity index (χ1) is 14.9. The van der Waals surface area contributed by atoms with Crippen molar-refractivity contribution in [3.8, 4) is 11.3 Å². The van der Waals surface area contributed by atoms with E-state index < -0.39 is 5.97 Å². The zero-order chi connectivity index (χ0) is 22.0. The molecule has 0 N–H and O–H groups in total. The van der Waals surface area contributed by atoms with E-state index in [-0.39, 0.29) is 12.4 Å². The Bertz CT molecular complexity index is 1280. The molecule has 0 spiro atoms. The van der Waals surface area contributed by atoms with Crippen LogP contribution in [0.3, 0.4) is 0 Å². The molecule has 0 saturated carbocycles. The van der Waals surface area contributed by atoms with Gasteiger partial charge < -0.3 is 4.74 Å². The molecule has 0 atom stereocenters. The quantitative estimate of drug-likeness (QED) is 0.255. The van der Waals surface area contributed by atoms with Gasteiger partial charge in [0.15, 0.2) is 12.4 Å². The van der Waals surface area contributed by atoms with E-state index in [1.807, 2.05) is 37.3 Å². The number of aryl methyl sites for hydroxylation is 1. The van der Waals surface area contributed by atoms with Crippen LogP contribution in [0, 0.1) is 6.92 Å². The summed E-state index contributed by atoms with van der Waals surface area (Å²) in [5, 5.41) is 1.81. The van der Waals surface area contributed by atoms with Crippen molar-refractivity contribution in [2.75, 3.05) is 6.61 Å². The first-order valence-electron chi connectivity index (χ1n) is 9.54. The smallest absolute Gasteiger partial charge is 0.339 e. The number of aromatic nitrogens is 1. The molecule has 0 aliphatic rings. The van der Waals surface area contributed by atoms with E-state index >= 15 is 0 Å². The second kappa shape index (κ2) is 8.88. The Labute approximate surface area is 189 Å². The van der Waals surface area contributed by atoms with Gasteiger partial charge in [-0.1, -0.05) is 47.0 Å². The van der Waals surface area contributed by atoms with Gasteiger partial charge in [0.25, 0.3) is 0 Å². The minimum absolute atomic E-state index is 0.308. The maximum atomic E-state index is 13.0. The number of ether oxygens (including phenoxy) is 1. The summed E-state index contributed by atoms with van der Waals surface area (Å²) in [6.45, 7) is 1.57. The summed E-state index contributed by atoms with van der Waals surface area (Å²) in [7, 11) is 0. The SMILES string of the molecule is Cc1ccc2nc(-c3ccc(Cl)cc3)cc(C(=O)OCC(=O)c3ccc(Cl)cc3)c2c1. The summed E-state index contributed by atoms with van der Waals surface area (Å²) in [5.74, 6) is -0.895. The fourth-order valence-corrected chi connectivity index (χ4v) is 3.46. The van der Waals surface area contributed by atoms with Gasteiger partial charge in [0.05, 0.1) is 16.8 Å². The van der Waals surface area contributed by atoms with E-state index in [9.17, 15) is 9.59 Å². The Balaban J connectivity index is 1.66. The van der Waals surface area contributed by atoms with Crippen molar-refractivity contribution < 1.29 is 14.3 Å². The highest BCUT2D eigenvalue weighted by atomic mass is 35.5. The first kappa shape index (κ1) is 21.0. The van der Waals surface area contributed by atoms with Gasteiger partial charge in [-0.15, -0.1) is 0 Å². The fraction of sp³-hybridized carbons (Fsp3) is 0.0800. The predicted molar refractivity (Wildman–Crippen MR) is 123 cm³/mol. The summed E-state index contributed by atoms with van der Waals surface area (Å²) < 4.78 is 5.36. The summed E-state index contributed by atoms with van der Waals surface area (Å²) in [6.07, 6.45) is 0. The van der Waals surface area contributed by atoms with Crippen LogP contribution in [0.4, 0.5) is 0 Å². The van der Waals surface area contributed by atoms with Gasteiger partial charge in [-0.05, 0) is 61.5 Å². The van der Waals surface area contributed by atoms with Crippen molar-refractivity contribution in [2.45, 2.75) is 6.92 Å². The Morgan fingerprint density at radius 2 is 1.52 bits per heavy atom. The second-order valence-electron chi connectivity index (χ2n) is 7.09. The van der Waals surface area contributed by atoms with E-state index in [1.165, 1.54) is 0 Å². The van der Waals surface area contributed by atoms with Gasteiger partial charge in [0, 0.05) is 26.6 Å². The van der Waals surface area contributed by atoms with Crippen LogP contribution < -0.4 is 0 Å². The van der Waals surface area contributed by atoms with Gasteiger partial charge >= 0.3 is 5.97 Å². The lowest BCUT2D eigenvalue weighted by Gasteiger charge is -2.11. The number of hydrogen-bond acceptors (Lipinski definition) is 4. The monoisotopic (exact) mass is 449 g/mol.